The molecule has 4 nitrogen and oxygen atoms in total. The Morgan fingerprint density at radius 3 is 2.89 bits per heavy atom. The van der Waals surface area contributed by atoms with Crippen molar-refractivity contribution in [1.29, 1.82) is 0 Å². The minimum Gasteiger partial charge on any atom is -0.480 e. The zero-order chi connectivity index (χ0) is 14.1. The van der Waals surface area contributed by atoms with E-state index < -0.39 is 11.5 Å². The van der Waals surface area contributed by atoms with Crippen LogP contribution >= 0.6 is 11.8 Å². The Balaban J connectivity index is 2.34. The molecule has 1 heterocycles. The Morgan fingerprint density at radius 1 is 1.53 bits per heavy atom. The molecule has 2 N–H and O–H groups in total. The predicted molar refractivity (Wildman–Crippen MR) is 78.5 cm³/mol. The highest BCUT2D eigenvalue weighted by Gasteiger charge is 2.31. The molecule has 0 aromatic carbocycles. The minimum atomic E-state index is -0.819. The first-order valence-electron chi connectivity index (χ1n) is 6.61. The standard InChI is InChI=1S/C14H22N2O2S/c1-3-9-16-14(2,13(17)18)8-6-11-19-12-7-4-5-10-15-12/h4-5,7,10,16H,3,6,8-9,11H2,1-2H3,(H,17,18). The second kappa shape index (κ2) is 8.17. The molecule has 1 aromatic rings. The van der Waals surface area contributed by atoms with Gasteiger partial charge in [0, 0.05) is 6.20 Å². The summed E-state index contributed by atoms with van der Waals surface area (Å²) >= 11 is 1.66. The lowest BCUT2D eigenvalue weighted by atomic mass is 9.96. The van der Waals surface area contributed by atoms with Gasteiger partial charge in [-0.2, -0.15) is 0 Å². The van der Waals surface area contributed by atoms with Crippen molar-refractivity contribution < 1.29 is 9.90 Å². The average Bonchev–Trinajstić information content (AvgIpc) is 2.42. The van der Waals surface area contributed by atoms with Crippen molar-refractivity contribution in [3.05, 3.63) is 24.4 Å². The molecule has 1 atom stereocenters. The molecular weight excluding hydrogens is 260 g/mol. The lowest BCUT2D eigenvalue weighted by molar-refractivity contribution is -0.144. The number of hydrogen-bond donors (Lipinski definition) is 2. The third-order valence-corrected chi connectivity index (χ3v) is 3.98. The summed E-state index contributed by atoms with van der Waals surface area (Å²) in [6.07, 6.45) is 4.18. The molecule has 19 heavy (non-hydrogen) atoms. The molecule has 5 heteroatoms. The number of nitrogens with zero attached hydrogens (tertiary/aromatic N) is 1. The monoisotopic (exact) mass is 282 g/mol. The molecule has 0 aliphatic carbocycles. The molecule has 0 bridgehead atoms. The van der Waals surface area contributed by atoms with Crippen LogP contribution in [0.5, 0.6) is 0 Å². The van der Waals surface area contributed by atoms with Crippen LogP contribution in [0.25, 0.3) is 0 Å². The Bertz CT molecular complexity index is 386. The average molecular weight is 282 g/mol. The van der Waals surface area contributed by atoms with Crippen LogP contribution in [0.2, 0.25) is 0 Å². The topological polar surface area (TPSA) is 62.2 Å². The largest absolute Gasteiger partial charge is 0.480 e. The van der Waals surface area contributed by atoms with E-state index in [4.69, 9.17) is 0 Å². The van der Waals surface area contributed by atoms with Crippen LogP contribution in [0, 0.1) is 0 Å². The molecule has 0 fully saturated rings. The number of carboxylic acid groups (broad SMARTS) is 1. The normalized spacial score (nSPS) is 14.0. The van der Waals surface area contributed by atoms with Crippen LogP contribution in [0.15, 0.2) is 29.4 Å². The first-order chi connectivity index (χ1) is 9.08. The zero-order valence-electron chi connectivity index (χ0n) is 11.6. The second-order valence-electron chi connectivity index (χ2n) is 4.68. The van der Waals surface area contributed by atoms with Crippen LogP contribution in [0.1, 0.15) is 33.1 Å². The first kappa shape index (κ1) is 16.0. The fourth-order valence-electron chi connectivity index (χ4n) is 1.71. The van der Waals surface area contributed by atoms with Gasteiger partial charge in [-0.1, -0.05) is 13.0 Å². The molecule has 0 amide bonds. The quantitative estimate of drug-likeness (QED) is 0.538. The van der Waals surface area contributed by atoms with Gasteiger partial charge in [0.25, 0.3) is 0 Å². The maximum Gasteiger partial charge on any atom is 0.323 e. The van der Waals surface area contributed by atoms with Gasteiger partial charge >= 0.3 is 5.97 Å². The first-order valence-corrected chi connectivity index (χ1v) is 7.59. The van der Waals surface area contributed by atoms with Gasteiger partial charge in [-0.3, -0.25) is 4.79 Å². The number of carboxylic acids is 1. The van der Waals surface area contributed by atoms with E-state index in [9.17, 15) is 9.90 Å². The molecule has 0 saturated heterocycles. The van der Waals surface area contributed by atoms with Crippen LogP contribution in [-0.4, -0.2) is 33.9 Å². The highest BCUT2D eigenvalue weighted by Crippen LogP contribution is 2.19. The summed E-state index contributed by atoms with van der Waals surface area (Å²) in [6, 6.07) is 5.82. The molecule has 1 rings (SSSR count). The van der Waals surface area contributed by atoms with Crippen molar-refractivity contribution in [2.45, 2.75) is 43.7 Å². The number of aliphatic carboxylic acids is 1. The summed E-state index contributed by atoms with van der Waals surface area (Å²) in [4.78, 5) is 15.5. The highest BCUT2D eigenvalue weighted by atomic mass is 32.2. The van der Waals surface area contributed by atoms with Crippen molar-refractivity contribution in [2.24, 2.45) is 0 Å². The number of rotatable bonds is 9. The third-order valence-electron chi connectivity index (χ3n) is 2.95. The lowest BCUT2D eigenvalue weighted by Gasteiger charge is -2.26. The summed E-state index contributed by atoms with van der Waals surface area (Å²) in [5.74, 6) is 0.108. The Morgan fingerprint density at radius 2 is 2.32 bits per heavy atom. The molecule has 0 aliphatic rings. The van der Waals surface area contributed by atoms with E-state index in [2.05, 4.69) is 10.3 Å². The van der Waals surface area contributed by atoms with Gasteiger partial charge in [-0.25, -0.2) is 4.98 Å². The smallest absolute Gasteiger partial charge is 0.323 e. The van der Waals surface area contributed by atoms with E-state index in [1.54, 1.807) is 24.9 Å². The highest BCUT2D eigenvalue weighted by molar-refractivity contribution is 7.99. The van der Waals surface area contributed by atoms with Crippen LogP contribution in [0.3, 0.4) is 0 Å². The van der Waals surface area contributed by atoms with E-state index in [1.165, 1.54) is 0 Å². The summed E-state index contributed by atoms with van der Waals surface area (Å²) in [6.45, 7) is 4.53. The predicted octanol–water partition coefficient (Wildman–Crippen LogP) is 2.80. The minimum absolute atomic E-state index is 0.627. The number of nitrogens with one attached hydrogen (secondary N) is 1. The number of carbonyl (C=O) groups is 1. The Labute approximate surface area is 119 Å². The lowest BCUT2D eigenvalue weighted by Crippen LogP contribution is -2.49. The fourth-order valence-corrected chi connectivity index (χ4v) is 2.51. The SMILES string of the molecule is CCCNC(C)(CCCSc1ccccn1)C(=O)O. The van der Waals surface area contributed by atoms with E-state index in [0.29, 0.717) is 6.42 Å². The second-order valence-corrected chi connectivity index (χ2v) is 5.80. The van der Waals surface area contributed by atoms with Gasteiger partial charge in [0.05, 0.1) is 5.03 Å². The molecule has 106 valence electrons. The van der Waals surface area contributed by atoms with E-state index in [0.717, 1.165) is 30.2 Å². The van der Waals surface area contributed by atoms with Crippen molar-refractivity contribution in [3.8, 4) is 0 Å². The molecule has 0 aliphatic heterocycles. The van der Waals surface area contributed by atoms with E-state index >= 15 is 0 Å². The summed E-state index contributed by atoms with van der Waals surface area (Å²) in [7, 11) is 0. The number of hydrogen-bond acceptors (Lipinski definition) is 4. The maximum atomic E-state index is 11.3. The molecule has 0 radical (unpaired) electrons. The number of aromatic nitrogens is 1. The summed E-state index contributed by atoms with van der Waals surface area (Å²) < 4.78 is 0. The summed E-state index contributed by atoms with van der Waals surface area (Å²) in [5, 5.41) is 13.4. The Hall–Kier alpha value is -1.07. The van der Waals surface area contributed by atoms with Gasteiger partial charge < -0.3 is 10.4 Å². The van der Waals surface area contributed by atoms with Gasteiger partial charge in [0.1, 0.15) is 5.54 Å². The fraction of sp³-hybridized carbons (Fsp3) is 0.571. The van der Waals surface area contributed by atoms with E-state index in [1.807, 2.05) is 25.1 Å². The van der Waals surface area contributed by atoms with Crippen LogP contribution in [-0.2, 0) is 4.79 Å². The zero-order valence-corrected chi connectivity index (χ0v) is 12.4. The molecule has 1 aromatic heterocycles. The van der Waals surface area contributed by atoms with Gasteiger partial charge in [0.2, 0.25) is 0 Å². The van der Waals surface area contributed by atoms with Gasteiger partial charge in [-0.15, -0.1) is 11.8 Å². The van der Waals surface area contributed by atoms with Gasteiger partial charge in [-0.05, 0) is 50.6 Å². The van der Waals surface area contributed by atoms with Crippen LogP contribution < -0.4 is 5.32 Å². The van der Waals surface area contributed by atoms with Crippen molar-refractivity contribution >= 4 is 17.7 Å². The maximum absolute atomic E-state index is 11.3. The molecule has 0 saturated carbocycles. The van der Waals surface area contributed by atoms with Gasteiger partial charge in [0.15, 0.2) is 0 Å². The molecule has 1 unspecified atom stereocenters. The molecule has 0 spiro atoms. The number of pyridine rings is 1. The Kier molecular flexibility index (Phi) is 6.87. The molecular formula is C14H22N2O2S. The van der Waals surface area contributed by atoms with Crippen LogP contribution in [0.4, 0.5) is 0 Å². The third kappa shape index (κ3) is 5.61. The number of thioether (sulfide) groups is 1. The van der Waals surface area contributed by atoms with Crippen molar-refractivity contribution in [2.75, 3.05) is 12.3 Å². The van der Waals surface area contributed by atoms with E-state index in [-0.39, 0.29) is 0 Å². The van der Waals surface area contributed by atoms with Crippen molar-refractivity contribution in [3.63, 3.8) is 0 Å². The van der Waals surface area contributed by atoms with Crippen molar-refractivity contribution in [1.82, 2.24) is 10.3 Å². The summed E-state index contributed by atoms with van der Waals surface area (Å²) in [5.41, 5.74) is -0.819.